The second kappa shape index (κ2) is 8.15. The summed E-state index contributed by atoms with van der Waals surface area (Å²) >= 11 is 0. The van der Waals surface area contributed by atoms with Crippen LogP contribution in [0.3, 0.4) is 0 Å². The van der Waals surface area contributed by atoms with Crippen LogP contribution in [-0.4, -0.2) is 63.3 Å². The fourth-order valence-corrected chi connectivity index (χ4v) is 5.05. The topological polar surface area (TPSA) is 0 Å². The molecule has 2 fully saturated rings. The Hall–Kier alpha value is -0.0800. The average Bonchev–Trinajstić information content (AvgIpc) is 3.07. The minimum atomic E-state index is 1.02. The average molecular weight is 311 g/mol. The summed E-state index contributed by atoms with van der Waals surface area (Å²) in [5, 5.41) is 0. The summed E-state index contributed by atoms with van der Waals surface area (Å²) in [7, 11) is 9.82. The molecule has 0 aromatic carbocycles. The van der Waals surface area contributed by atoms with Crippen molar-refractivity contribution in [1.82, 2.24) is 0 Å². The molecule has 0 heterocycles. The molecule has 0 aromatic rings. The highest BCUT2D eigenvalue weighted by molar-refractivity contribution is 4.67. The molecule has 0 radical (unpaired) electrons. The SMILES string of the molecule is C[N+](C)(CCCC[N+](C)(C)CC1CCCC1)CC1CCCC1. The predicted molar refractivity (Wildman–Crippen MR) is 96.8 cm³/mol. The maximum absolute atomic E-state index is 2.46. The fraction of sp³-hybridized carbons (Fsp3) is 1.00. The van der Waals surface area contributed by atoms with Crippen LogP contribution >= 0.6 is 0 Å². The van der Waals surface area contributed by atoms with Crippen LogP contribution in [0.4, 0.5) is 0 Å². The van der Waals surface area contributed by atoms with E-state index in [4.69, 9.17) is 0 Å². The lowest BCUT2D eigenvalue weighted by atomic mass is 10.1. The van der Waals surface area contributed by atoms with Crippen molar-refractivity contribution in [2.24, 2.45) is 11.8 Å². The molecular formula is C20H42N2+2. The lowest BCUT2D eigenvalue weighted by molar-refractivity contribution is -0.900. The Morgan fingerprint density at radius 2 is 0.909 bits per heavy atom. The molecule has 0 aliphatic heterocycles. The molecule has 0 aromatic heterocycles. The van der Waals surface area contributed by atoms with E-state index < -0.39 is 0 Å². The number of nitrogens with zero attached hydrogens (tertiary/aromatic N) is 2. The summed E-state index contributed by atoms with van der Waals surface area (Å²) in [6, 6.07) is 0. The van der Waals surface area contributed by atoms with Crippen LogP contribution < -0.4 is 0 Å². The molecule has 2 heteroatoms. The molecule has 2 aliphatic carbocycles. The van der Waals surface area contributed by atoms with Crippen LogP contribution in [-0.2, 0) is 0 Å². The number of rotatable bonds is 9. The zero-order valence-corrected chi connectivity index (χ0v) is 15.9. The van der Waals surface area contributed by atoms with Crippen molar-refractivity contribution in [3.8, 4) is 0 Å². The van der Waals surface area contributed by atoms with E-state index in [9.17, 15) is 0 Å². The Labute approximate surface area is 140 Å². The number of unbranched alkanes of at least 4 members (excludes halogenated alkanes) is 1. The second-order valence-electron chi connectivity index (χ2n) is 9.69. The minimum Gasteiger partial charge on any atom is -0.328 e. The quantitative estimate of drug-likeness (QED) is 0.440. The number of quaternary nitrogens is 2. The van der Waals surface area contributed by atoms with Crippen LogP contribution in [0.25, 0.3) is 0 Å². The van der Waals surface area contributed by atoms with Crippen molar-refractivity contribution >= 4 is 0 Å². The Balaban J connectivity index is 1.60. The van der Waals surface area contributed by atoms with E-state index in [0.29, 0.717) is 0 Å². The van der Waals surface area contributed by atoms with E-state index in [1.54, 1.807) is 0 Å². The smallest absolute Gasteiger partial charge is 0.0811 e. The summed E-state index contributed by atoms with van der Waals surface area (Å²) in [6.07, 6.45) is 14.7. The van der Waals surface area contributed by atoms with Gasteiger partial charge in [0.25, 0.3) is 0 Å². The van der Waals surface area contributed by atoms with Crippen LogP contribution in [0, 0.1) is 11.8 Å². The molecule has 2 aliphatic rings. The molecular weight excluding hydrogens is 268 g/mol. The second-order valence-corrected chi connectivity index (χ2v) is 9.69. The third-order valence-electron chi connectivity index (χ3n) is 6.23. The third-order valence-corrected chi connectivity index (χ3v) is 6.23. The Kier molecular flexibility index (Phi) is 6.76. The maximum atomic E-state index is 2.46. The first kappa shape index (κ1) is 18.3. The lowest BCUT2D eigenvalue weighted by Gasteiger charge is -2.34. The van der Waals surface area contributed by atoms with E-state index in [0.717, 1.165) is 11.8 Å². The first-order valence-corrected chi connectivity index (χ1v) is 10.0. The van der Waals surface area contributed by atoms with Gasteiger partial charge < -0.3 is 8.97 Å². The number of hydrogen-bond acceptors (Lipinski definition) is 0. The molecule has 0 unspecified atom stereocenters. The molecule has 130 valence electrons. The molecule has 22 heavy (non-hydrogen) atoms. The molecule has 0 saturated heterocycles. The van der Waals surface area contributed by atoms with Crippen LogP contribution in [0.5, 0.6) is 0 Å². The summed E-state index contributed by atoms with van der Waals surface area (Å²) in [6.45, 7) is 5.58. The van der Waals surface area contributed by atoms with Gasteiger partial charge in [-0.25, -0.2) is 0 Å². The summed E-state index contributed by atoms with van der Waals surface area (Å²) in [4.78, 5) is 0. The predicted octanol–water partition coefficient (Wildman–Crippen LogP) is 4.30. The standard InChI is InChI=1S/C20H42N2/c1-21(2,17-19-11-5-6-12-19)15-9-10-16-22(3,4)18-20-13-7-8-14-20/h19-20H,5-18H2,1-4H3/q+2. The van der Waals surface area contributed by atoms with Gasteiger partial charge in [0, 0.05) is 24.7 Å². The third kappa shape index (κ3) is 6.58. The van der Waals surface area contributed by atoms with E-state index in [2.05, 4.69) is 28.2 Å². The monoisotopic (exact) mass is 310 g/mol. The van der Waals surface area contributed by atoms with E-state index >= 15 is 0 Å². The lowest BCUT2D eigenvalue weighted by Crippen LogP contribution is -2.46. The highest BCUT2D eigenvalue weighted by Gasteiger charge is 2.26. The minimum absolute atomic E-state index is 1.02. The van der Waals surface area contributed by atoms with Crippen molar-refractivity contribution in [1.29, 1.82) is 0 Å². The van der Waals surface area contributed by atoms with Crippen molar-refractivity contribution in [3.05, 3.63) is 0 Å². The molecule has 0 spiro atoms. The molecule has 2 nitrogen and oxygen atoms in total. The normalized spacial score (nSPS) is 21.8. The van der Waals surface area contributed by atoms with Gasteiger partial charge in [0.15, 0.2) is 0 Å². The molecule has 0 N–H and O–H groups in total. The fourth-order valence-electron chi connectivity index (χ4n) is 5.05. The molecule has 2 saturated carbocycles. The highest BCUT2D eigenvalue weighted by Crippen LogP contribution is 2.28. The molecule has 0 atom stereocenters. The van der Waals surface area contributed by atoms with Crippen molar-refractivity contribution in [2.45, 2.75) is 64.2 Å². The van der Waals surface area contributed by atoms with Gasteiger partial charge in [-0.2, -0.15) is 0 Å². The van der Waals surface area contributed by atoms with Gasteiger partial charge >= 0.3 is 0 Å². The van der Waals surface area contributed by atoms with Crippen molar-refractivity contribution in [2.75, 3.05) is 54.4 Å². The number of hydrogen-bond donors (Lipinski definition) is 0. The van der Waals surface area contributed by atoms with Gasteiger partial charge in [-0.15, -0.1) is 0 Å². The van der Waals surface area contributed by atoms with Crippen molar-refractivity contribution < 1.29 is 8.97 Å². The Bertz CT molecular complexity index is 278. The van der Waals surface area contributed by atoms with Crippen LogP contribution in [0.1, 0.15) is 64.2 Å². The van der Waals surface area contributed by atoms with Gasteiger partial charge in [-0.05, 0) is 25.7 Å². The Morgan fingerprint density at radius 3 is 1.23 bits per heavy atom. The van der Waals surface area contributed by atoms with Gasteiger partial charge in [0.2, 0.25) is 0 Å². The summed E-state index contributed by atoms with van der Waals surface area (Å²) in [5.74, 6) is 2.04. The zero-order valence-electron chi connectivity index (χ0n) is 15.9. The molecule has 2 rings (SSSR count). The van der Waals surface area contributed by atoms with Gasteiger partial charge in [-0.3, -0.25) is 0 Å². The van der Waals surface area contributed by atoms with E-state index in [-0.39, 0.29) is 0 Å². The van der Waals surface area contributed by atoms with Gasteiger partial charge in [-0.1, -0.05) is 25.7 Å². The first-order chi connectivity index (χ1) is 10.4. The zero-order chi connectivity index (χ0) is 16.1. The highest BCUT2D eigenvalue weighted by atomic mass is 15.3. The molecule has 0 bridgehead atoms. The van der Waals surface area contributed by atoms with Crippen LogP contribution in [0.2, 0.25) is 0 Å². The first-order valence-electron chi connectivity index (χ1n) is 10.0. The Morgan fingerprint density at radius 1 is 0.591 bits per heavy atom. The van der Waals surface area contributed by atoms with E-state index in [1.165, 1.54) is 99.4 Å². The van der Waals surface area contributed by atoms with Gasteiger partial charge in [0.05, 0.1) is 54.4 Å². The molecule has 0 amide bonds. The van der Waals surface area contributed by atoms with Gasteiger partial charge in [0.1, 0.15) is 0 Å². The van der Waals surface area contributed by atoms with Crippen molar-refractivity contribution in [3.63, 3.8) is 0 Å². The van der Waals surface area contributed by atoms with Crippen LogP contribution in [0.15, 0.2) is 0 Å². The van der Waals surface area contributed by atoms with E-state index in [1.807, 2.05) is 0 Å². The summed E-state index contributed by atoms with van der Waals surface area (Å²) < 4.78 is 2.50. The largest absolute Gasteiger partial charge is 0.328 e. The maximum Gasteiger partial charge on any atom is 0.0811 e. The summed E-state index contributed by atoms with van der Waals surface area (Å²) in [5.41, 5.74) is 0.